The number of hydrogen-bond acceptors (Lipinski definition) is 7. The van der Waals surface area contributed by atoms with Crippen molar-refractivity contribution in [2.45, 2.75) is 25.1 Å². The van der Waals surface area contributed by atoms with Crippen LogP contribution in [0.4, 0.5) is 0 Å². The van der Waals surface area contributed by atoms with Crippen molar-refractivity contribution in [3.05, 3.63) is 0 Å². The van der Waals surface area contributed by atoms with Crippen LogP contribution in [-0.2, 0) is 27.9 Å². The van der Waals surface area contributed by atoms with Crippen LogP contribution in [0.1, 0.15) is 13.8 Å². The zero-order valence-electron chi connectivity index (χ0n) is 11.4. The van der Waals surface area contributed by atoms with Gasteiger partial charge in [-0.25, -0.2) is 0 Å². The number of hydrogen-bond donors (Lipinski definition) is 0. The Morgan fingerprint density at radius 2 is 1.61 bits per heavy atom. The van der Waals surface area contributed by atoms with Crippen LogP contribution in [0, 0.1) is 0 Å². The van der Waals surface area contributed by atoms with Crippen LogP contribution in [0.25, 0.3) is 0 Å². The van der Waals surface area contributed by atoms with Crippen molar-refractivity contribution in [2.75, 3.05) is 33.7 Å². The van der Waals surface area contributed by atoms with Crippen molar-refractivity contribution in [2.24, 2.45) is 0 Å². The Bertz CT molecular complexity index is 284. The summed E-state index contributed by atoms with van der Waals surface area (Å²) < 4.78 is 32.6. The summed E-state index contributed by atoms with van der Waals surface area (Å²) in [6, 6.07) is 0. The van der Waals surface area contributed by atoms with Crippen molar-refractivity contribution >= 4 is 25.1 Å². The molecule has 0 aliphatic heterocycles. The van der Waals surface area contributed by atoms with Crippen LogP contribution < -0.4 is 0 Å². The van der Waals surface area contributed by atoms with Gasteiger partial charge in [0.25, 0.3) is 0 Å². The SMILES string of the molecule is CCOP(=O)(OCC)C(SC)C(=O)C(OC)OC. The van der Waals surface area contributed by atoms with Gasteiger partial charge in [0.05, 0.1) is 13.2 Å². The molecule has 0 aliphatic carbocycles. The van der Waals surface area contributed by atoms with Gasteiger partial charge in [-0.05, 0) is 20.1 Å². The molecule has 8 heteroatoms. The van der Waals surface area contributed by atoms with E-state index in [-0.39, 0.29) is 13.2 Å². The Morgan fingerprint density at radius 1 is 1.17 bits per heavy atom. The Kier molecular flexibility index (Phi) is 9.11. The number of thioether (sulfide) groups is 1. The predicted molar refractivity (Wildman–Crippen MR) is 71.0 cm³/mol. The highest BCUT2D eigenvalue weighted by atomic mass is 32.2. The maximum absolute atomic E-state index is 12.5. The van der Waals surface area contributed by atoms with Crippen molar-refractivity contribution in [3.63, 3.8) is 0 Å². The summed E-state index contributed by atoms with van der Waals surface area (Å²) in [5.41, 5.74) is 0. The number of ether oxygens (including phenoxy) is 2. The lowest BCUT2D eigenvalue weighted by Gasteiger charge is -2.25. The Morgan fingerprint density at radius 3 is 1.89 bits per heavy atom. The Labute approximate surface area is 112 Å². The highest BCUT2D eigenvalue weighted by Crippen LogP contribution is 2.57. The fourth-order valence-corrected chi connectivity index (χ4v) is 4.62. The summed E-state index contributed by atoms with van der Waals surface area (Å²) in [5, 5.41) is 0. The zero-order chi connectivity index (χ0) is 14.2. The van der Waals surface area contributed by atoms with E-state index in [1.54, 1.807) is 20.1 Å². The first-order valence-corrected chi connectivity index (χ1v) is 8.41. The van der Waals surface area contributed by atoms with E-state index in [4.69, 9.17) is 18.5 Å². The topological polar surface area (TPSA) is 71.1 Å². The molecule has 0 rings (SSSR count). The summed E-state index contributed by atoms with van der Waals surface area (Å²) >= 11 is 1.10. The molecule has 6 nitrogen and oxygen atoms in total. The van der Waals surface area contributed by atoms with Gasteiger partial charge in [0.15, 0.2) is 4.99 Å². The quantitative estimate of drug-likeness (QED) is 0.452. The third-order valence-electron chi connectivity index (χ3n) is 2.03. The number of rotatable bonds is 10. The molecule has 0 aliphatic rings. The molecular weight excluding hydrogens is 279 g/mol. The van der Waals surface area contributed by atoms with E-state index in [1.807, 2.05) is 0 Å². The van der Waals surface area contributed by atoms with Crippen molar-refractivity contribution < 1.29 is 27.9 Å². The van der Waals surface area contributed by atoms with E-state index < -0.39 is 24.7 Å². The van der Waals surface area contributed by atoms with Gasteiger partial charge < -0.3 is 18.5 Å². The van der Waals surface area contributed by atoms with E-state index in [9.17, 15) is 9.36 Å². The Balaban J connectivity index is 5.12. The first kappa shape index (κ1) is 18.1. The van der Waals surface area contributed by atoms with Crippen LogP contribution in [0.15, 0.2) is 0 Å². The average molecular weight is 300 g/mol. The predicted octanol–water partition coefficient (Wildman–Crippen LogP) is 2.13. The second-order valence-corrected chi connectivity index (χ2v) is 6.57. The first-order valence-electron chi connectivity index (χ1n) is 5.51. The maximum atomic E-state index is 12.5. The van der Waals surface area contributed by atoms with E-state index in [0.29, 0.717) is 0 Å². The normalized spacial score (nSPS) is 13.9. The molecule has 18 heavy (non-hydrogen) atoms. The molecule has 0 heterocycles. The van der Waals surface area contributed by atoms with E-state index in [0.717, 1.165) is 11.8 Å². The van der Waals surface area contributed by atoms with Crippen LogP contribution >= 0.6 is 19.4 Å². The number of carbonyl (C=O) groups excluding carboxylic acids is 1. The molecule has 108 valence electrons. The van der Waals surface area contributed by atoms with E-state index in [1.165, 1.54) is 14.2 Å². The molecule has 0 aromatic rings. The minimum atomic E-state index is -3.51. The number of methoxy groups -OCH3 is 2. The van der Waals surface area contributed by atoms with Crippen molar-refractivity contribution in [1.82, 2.24) is 0 Å². The molecule has 0 aromatic heterocycles. The highest BCUT2D eigenvalue weighted by molar-refractivity contribution is 8.05. The molecule has 1 atom stereocenters. The van der Waals surface area contributed by atoms with Gasteiger partial charge >= 0.3 is 7.60 Å². The van der Waals surface area contributed by atoms with Crippen LogP contribution in [0.2, 0.25) is 0 Å². The van der Waals surface area contributed by atoms with Crippen molar-refractivity contribution in [1.29, 1.82) is 0 Å². The third kappa shape index (κ3) is 4.64. The largest absolute Gasteiger partial charge is 0.351 e. The fraction of sp³-hybridized carbons (Fsp3) is 0.900. The van der Waals surface area contributed by atoms with Gasteiger partial charge in [-0.1, -0.05) is 0 Å². The summed E-state index contributed by atoms with van der Waals surface area (Å²) in [5.74, 6) is -0.460. The maximum Gasteiger partial charge on any atom is 0.351 e. The van der Waals surface area contributed by atoms with Crippen LogP contribution in [-0.4, -0.2) is 50.8 Å². The molecule has 0 radical (unpaired) electrons. The van der Waals surface area contributed by atoms with Gasteiger partial charge in [0, 0.05) is 14.2 Å². The summed E-state index contributed by atoms with van der Waals surface area (Å²) in [6.07, 6.45) is 0.590. The van der Waals surface area contributed by atoms with E-state index >= 15 is 0 Å². The number of carbonyl (C=O) groups is 1. The molecule has 0 bridgehead atoms. The lowest BCUT2D eigenvalue weighted by atomic mass is 10.4. The molecule has 0 saturated heterocycles. The summed E-state index contributed by atoms with van der Waals surface area (Å²) in [6.45, 7) is 3.79. The molecule has 0 aromatic carbocycles. The van der Waals surface area contributed by atoms with Gasteiger partial charge in [-0.3, -0.25) is 9.36 Å². The highest BCUT2D eigenvalue weighted by Gasteiger charge is 2.43. The van der Waals surface area contributed by atoms with Crippen LogP contribution in [0.5, 0.6) is 0 Å². The second-order valence-electron chi connectivity index (χ2n) is 3.17. The minimum Gasteiger partial charge on any atom is -0.349 e. The lowest BCUT2D eigenvalue weighted by molar-refractivity contribution is -0.154. The van der Waals surface area contributed by atoms with Gasteiger partial charge in [-0.2, -0.15) is 0 Å². The molecule has 0 fully saturated rings. The third-order valence-corrected chi connectivity index (χ3v) is 6.18. The van der Waals surface area contributed by atoms with Gasteiger partial charge in [0.2, 0.25) is 12.1 Å². The summed E-state index contributed by atoms with van der Waals surface area (Å²) in [7, 11) is -0.826. The smallest absolute Gasteiger partial charge is 0.349 e. The molecule has 0 N–H and O–H groups in total. The Hall–Kier alpha value is 0.0900. The average Bonchev–Trinajstić information content (AvgIpc) is 2.31. The second kappa shape index (κ2) is 9.07. The monoisotopic (exact) mass is 300 g/mol. The van der Waals surface area contributed by atoms with Crippen molar-refractivity contribution in [3.8, 4) is 0 Å². The van der Waals surface area contributed by atoms with Gasteiger partial charge in [0.1, 0.15) is 0 Å². The number of Topliss-reactive ketones (excluding diaryl/α,β-unsaturated/α-hetero) is 1. The molecule has 0 saturated carbocycles. The van der Waals surface area contributed by atoms with Crippen LogP contribution in [0.3, 0.4) is 0 Å². The fourth-order valence-electron chi connectivity index (χ4n) is 1.38. The minimum absolute atomic E-state index is 0.201. The standard InChI is InChI=1S/C10H21O6PS/c1-6-15-17(12,16-7-2)10(18-5)8(11)9(13-3)14-4/h9-10H,6-7H2,1-5H3. The zero-order valence-corrected chi connectivity index (χ0v) is 13.1. The lowest BCUT2D eigenvalue weighted by Crippen LogP contribution is -2.34. The first-order chi connectivity index (χ1) is 8.50. The van der Waals surface area contributed by atoms with Gasteiger partial charge in [-0.15, -0.1) is 11.8 Å². The summed E-state index contributed by atoms with van der Waals surface area (Å²) in [4.78, 5) is 11.2. The number of ketones is 1. The molecular formula is C10H21O6PS. The molecule has 0 amide bonds. The van der Waals surface area contributed by atoms with E-state index in [2.05, 4.69) is 0 Å². The molecule has 1 unspecified atom stereocenters. The molecule has 0 spiro atoms.